The number of hydrogen-bond acceptors (Lipinski definition) is 7. The number of hydrogen-bond donors (Lipinski definition) is 3. The standard InChI is InChI=1S/C7H9N7OS/c1-14-6(15)12-13-7(14)16-5-3-9-2-4(10-5)11-8/h2-3H,8H2,1H3,(H,10,11)(H,12,15). The highest BCUT2D eigenvalue weighted by Crippen LogP contribution is 2.22. The average molecular weight is 239 g/mol. The van der Waals surface area contributed by atoms with Crippen LogP contribution >= 0.6 is 11.8 Å². The molecule has 9 heteroatoms. The maximum atomic E-state index is 11.1. The summed E-state index contributed by atoms with van der Waals surface area (Å²) in [6, 6.07) is 0. The highest BCUT2D eigenvalue weighted by Gasteiger charge is 2.07. The van der Waals surface area contributed by atoms with Crippen molar-refractivity contribution < 1.29 is 0 Å². The first-order valence-corrected chi connectivity index (χ1v) is 5.10. The average Bonchev–Trinajstić information content (AvgIpc) is 2.61. The van der Waals surface area contributed by atoms with Crippen molar-refractivity contribution in [1.29, 1.82) is 0 Å². The predicted molar refractivity (Wildman–Crippen MR) is 57.8 cm³/mol. The highest BCUT2D eigenvalue weighted by molar-refractivity contribution is 7.99. The van der Waals surface area contributed by atoms with Crippen LogP contribution in [0.1, 0.15) is 0 Å². The van der Waals surface area contributed by atoms with E-state index in [0.717, 1.165) is 0 Å². The molecule has 0 saturated carbocycles. The van der Waals surface area contributed by atoms with Gasteiger partial charge in [0.2, 0.25) is 0 Å². The number of nitrogens with zero attached hydrogens (tertiary/aromatic N) is 4. The zero-order chi connectivity index (χ0) is 11.5. The van der Waals surface area contributed by atoms with E-state index in [1.165, 1.54) is 22.5 Å². The monoisotopic (exact) mass is 239 g/mol. The van der Waals surface area contributed by atoms with Gasteiger partial charge in [-0.1, -0.05) is 0 Å². The summed E-state index contributed by atoms with van der Waals surface area (Å²) in [5, 5.41) is 7.27. The summed E-state index contributed by atoms with van der Waals surface area (Å²) in [7, 11) is 1.62. The van der Waals surface area contributed by atoms with Gasteiger partial charge in [0.05, 0.1) is 12.4 Å². The highest BCUT2D eigenvalue weighted by atomic mass is 32.2. The Hall–Kier alpha value is -1.87. The molecule has 0 bridgehead atoms. The molecule has 0 atom stereocenters. The Morgan fingerprint density at radius 1 is 1.56 bits per heavy atom. The molecule has 2 heterocycles. The molecule has 4 N–H and O–H groups in total. The summed E-state index contributed by atoms with van der Waals surface area (Å²) in [4.78, 5) is 19.2. The fraction of sp³-hybridized carbons (Fsp3) is 0.143. The summed E-state index contributed by atoms with van der Waals surface area (Å²) in [6.07, 6.45) is 3.05. The molecule has 0 spiro atoms. The largest absolute Gasteiger partial charge is 0.343 e. The summed E-state index contributed by atoms with van der Waals surface area (Å²) in [5.74, 6) is 5.66. The molecule has 0 radical (unpaired) electrons. The van der Waals surface area contributed by atoms with Crippen LogP contribution in [0, 0.1) is 0 Å². The minimum absolute atomic E-state index is 0.274. The van der Waals surface area contributed by atoms with Gasteiger partial charge < -0.3 is 5.43 Å². The Kier molecular flexibility index (Phi) is 2.88. The van der Waals surface area contributed by atoms with Crippen molar-refractivity contribution >= 4 is 17.6 Å². The van der Waals surface area contributed by atoms with Crippen molar-refractivity contribution in [2.24, 2.45) is 12.9 Å². The summed E-state index contributed by atoms with van der Waals surface area (Å²) >= 11 is 1.22. The lowest BCUT2D eigenvalue weighted by Crippen LogP contribution is -2.13. The number of nitrogen functional groups attached to an aromatic ring is 1. The van der Waals surface area contributed by atoms with E-state index in [2.05, 4.69) is 25.6 Å². The van der Waals surface area contributed by atoms with E-state index in [-0.39, 0.29) is 5.69 Å². The third-order valence-corrected chi connectivity index (χ3v) is 2.75. The molecule has 2 aromatic rings. The van der Waals surface area contributed by atoms with Crippen molar-refractivity contribution in [3.05, 3.63) is 22.9 Å². The van der Waals surface area contributed by atoms with E-state index < -0.39 is 0 Å². The van der Waals surface area contributed by atoms with Gasteiger partial charge >= 0.3 is 5.69 Å². The van der Waals surface area contributed by atoms with E-state index >= 15 is 0 Å². The van der Waals surface area contributed by atoms with Crippen LogP contribution in [0.4, 0.5) is 5.82 Å². The van der Waals surface area contributed by atoms with Crippen LogP contribution in [0.5, 0.6) is 0 Å². The molecule has 2 rings (SSSR count). The first-order chi connectivity index (χ1) is 7.70. The van der Waals surface area contributed by atoms with Crippen LogP contribution in [0.2, 0.25) is 0 Å². The number of hydrazine groups is 1. The molecule has 0 aliphatic carbocycles. The Bertz CT molecular complexity index is 548. The van der Waals surface area contributed by atoms with Gasteiger partial charge in [-0.3, -0.25) is 9.55 Å². The van der Waals surface area contributed by atoms with Gasteiger partial charge in [-0.2, -0.15) is 0 Å². The third-order valence-electron chi connectivity index (χ3n) is 1.79. The first kappa shape index (κ1) is 10.6. The number of H-pyrrole nitrogens is 1. The third kappa shape index (κ3) is 2.04. The number of nitrogens with one attached hydrogen (secondary N) is 2. The Morgan fingerprint density at radius 2 is 2.38 bits per heavy atom. The van der Waals surface area contributed by atoms with E-state index in [9.17, 15) is 4.79 Å². The molecule has 0 aliphatic rings. The van der Waals surface area contributed by atoms with Crippen molar-refractivity contribution in [1.82, 2.24) is 24.7 Å². The number of anilines is 1. The smallest absolute Gasteiger partial charge is 0.307 e. The number of rotatable bonds is 3. The normalized spacial score (nSPS) is 10.4. The molecule has 0 amide bonds. The fourth-order valence-corrected chi connectivity index (χ4v) is 1.74. The van der Waals surface area contributed by atoms with E-state index in [1.807, 2.05) is 0 Å². The molecule has 16 heavy (non-hydrogen) atoms. The molecule has 0 unspecified atom stereocenters. The molecule has 0 fully saturated rings. The zero-order valence-electron chi connectivity index (χ0n) is 8.34. The molecule has 2 aromatic heterocycles. The van der Waals surface area contributed by atoms with Gasteiger partial charge in [0.25, 0.3) is 0 Å². The molecule has 0 saturated heterocycles. The molecular weight excluding hydrogens is 230 g/mol. The second kappa shape index (κ2) is 4.33. The van der Waals surface area contributed by atoms with Crippen LogP contribution in [-0.2, 0) is 7.05 Å². The molecular formula is C7H9N7OS. The van der Waals surface area contributed by atoms with E-state index in [1.54, 1.807) is 13.2 Å². The van der Waals surface area contributed by atoms with Crippen molar-refractivity contribution in [2.45, 2.75) is 10.2 Å². The Balaban J connectivity index is 2.26. The molecule has 0 aromatic carbocycles. The summed E-state index contributed by atoms with van der Waals surface area (Å²) in [5.41, 5.74) is 2.11. The molecule has 8 nitrogen and oxygen atoms in total. The predicted octanol–water partition coefficient (Wildman–Crippen LogP) is -0.665. The van der Waals surface area contributed by atoms with Gasteiger partial charge in [-0.15, -0.1) is 5.10 Å². The zero-order valence-corrected chi connectivity index (χ0v) is 9.15. The number of nitrogens with two attached hydrogens (primary N) is 1. The number of aromatic nitrogens is 5. The van der Waals surface area contributed by atoms with Crippen LogP contribution < -0.4 is 17.0 Å². The van der Waals surface area contributed by atoms with Crippen LogP contribution in [0.25, 0.3) is 0 Å². The van der Waals surface area contributed by atoms with Crippen LogP contribution in [0.15, 0.2) is 27.4 Å². The second-order valence-corrected chi connectivity index (χ2v) is 3.85. The van der Waals surface area contributed by atoms with Gasteiger partial charge in [0.1, 0.15) is 5.03 Å². The Morgan fingerprint density at radius 3 is 3.00 bits per heavy atom. The van der Waals surface area contributed by atoms with Gasteiger partial charge in [-0.05, 0) is 11.8 Å². The van der Waals surface area contributed by atoms with E-state index in [4.69, 9.17) is 5.84 Å². The fourth-order valence-electron chi connectivity index (χ4n) is 0.984. The van der Waals surface area contributed by atoms with Crippen LogP contribution in [-0.4, -0.2) is 24.7 Å². The summed E-state index contributed by atoms with van der Waals surface area (Å²) in [6.45, 7) is 0. The lowest BCUT2D eigenvalue weighted by atomic mass is 10.7. The summed E-state index contributed by atoms with van der Waals surface area (Å²) < 4.78 is 1.38. The minimum atomic E-state index is -0.274. The van der Waals surface area contributed by atoms with Gasteiger partial charge in [0.15, 0.2) is 11.0 Å². The number of aromatic amines is 1. The molecule has 84 valence electrons. The maximum Gasteiger partial charge on any atom is 0.343 e. The lowest BCUT2D eigenvalue weighted by molar-refractivity contribution is 0.764. The van der Waals surface area contributed by atoms with E-state index in [0.29, 0.717) is 16.0 Å². The topological polar surface area (TPSA) is 115 Å². The molecule has 0 aliphatic heterocycles. The van der Waals surface area contributed by atoms with Gasteiger partial charge in [-0.25, -0.2) is 20.7 Å². The van der Waals surface area contributed by atoms with Crippen LogP contribution in [0.3, 0.4) is 0 Å². The first-order valence-electron chi connectivity index (χ1n) is 4.28. The van der Waals surface area contributed by atoms with Gasteiger partial charge in [0, 0.05) is 7.05 Å². The van der Waals surface area contributed by atoms with Crippen molar-refractivity contribution in [3.63, 3.8) is 0 Å². The second-order valence-electron chi connectivity index (χ2n) is 2.86. The lowest BCUT2D eigenvalue weighted by Gasteiger charge is -2.01. The van der Waals surface area contributed by atoms with Crippen molar-refractivity contribution in [3.8, 4) is 0 Å². The maximum absolute atomic E-state index is 11.1. The quantitative estimate of drug-likeness (QED) is 0.481. The van der Waals surface area contributed by atoms with Crippen molar-refractivity contribution in [2.75, 3.05) is 5.43 Å². The SMILES string of the molecule is Cn1c(Sc2cncc(NN)n2)n[nH]c1=O. The Labute approximate surface area is 94.3 Å². The minimum Gasteiger partial charge on any atom is -0.307 e.